The molecule has 3 aromatic rings. The van der Waals surface area contributed by atoms with E-state index in [2.05, 4.69) is 59.2 Å². The fraction of sp³-hybridized carbons (Fsp3) is 0.208. The number of benzene rings is 3. The summed E-state index contributed by atoms with van der Waals surface area (Å²) in [5.41, 5.74) is 3.62. The zero-order valence-electron chi connectivity index (χ0n) is 15.9. The number of hydrogen-bond acceptors (Lipinski definition) is 3. The lowest BCUT2D eigenvalue weighted by Crippen LogP contribution is -2.37. The lowest BCUT2D eigenvalue weighted by molar-refractivity contribution is -0.120. The van der Waals surface area contributed by atoms with Crippen LogP contribution in [-0.4, -0.2) is 24.7 Å². The van der Waals surface area contributed by atoms with Crippen LogP contribution in [0.25, 0.3) is 0 Å². The van der Waals surface area contributed by atoms with Gasteiger partial charge in [-0.2, -0.15) is 11.8 Å². The number of carbonyl (C=O) groups is 1. The molecule has 0 heterocycles. The van der Waals surface area contributed by atoms with E-state index in [1.165, 1.54) is 5.56 Å². The fourth-order valence-electron chi connectivity index (χ4n) is 3.00. The minimum Gasteiger partial charge on any atom is -0.354 e. The zero-order valence-corrected chi connectivity index (χ0v) is 16.7. The Morgan fingerprint density at radius 1 is 0.786 bits per heavy atom. The molecule has 0 unspecified atom stereocenters. The molecule has 3 nitrogen and oxygen atoms in total. The molecule has 28 heavy (non-hydrogen) atoms. The van der Waals surface area contributed by atoms with E-state index in [-0.39, 0.29) is 18.5 Å². The van der Waals surface area contributed by atoms with Gasteiger partial charge in [0.25, 0.3) is 0 Å². The molecule has 0 fully saturated rings. The van der Waals surface area contributed by atoms with Crippen molar-refractivity contribution in [1.82, 2.24) is 10.6 Å². The molecule has 0 aliphatic carbocycles. The van der Waals surface area contributed by atoms with Gasteiger partial charge in [0.2, 0.25) is 5.91 Å². The van der Waals surface area contributed by atoms with Crippen molar-refractivity contribution < 1.29 is 4.79 Å². The summed E-state index contributed by atoms with van der Waals surface area (Å²) in [6, 6.07) is 30.8. The maximum Gasteiger partial charge on any atom is 0.234 e. The predicted octanol–water partition coefficient (Wildman–Crippen LogP) is 4.42. The molecular formula is C24H26N2OS. The number of thioether (sulfide) groups is 1. The van der Waals surface area contributed by atoms with Crippen molar-refractivity contribution >= 4 is 17.7 Å². The highest BCUT2D eigenvalue weighted by atomic mass is 32.2. The van der Waals surface area contributed by atoms with Crippen LogP contribution in [-0.2, 0) is 10.5 Å². The molecule has 144 valence electrons. The van der Waals surface area contributed by atoms with E-state index in [0.717, 1.165) is 22.6 Å². The van der Waals surface area contributed by atoms with Gasteiger partial charge in [-0.1, -0.05) is 91.0 Å². The van der Waals surface area contributed by atoms with Crippen LogP contribution < -0.4 is 10.6 Å². The highest BCUT2D eigenvalue weighted by Gasteiger charge is 2.14. The van der Waals surface area contributed by atoms with Crippen molar-refractivity contribution in [1.29, 1.82) is 0 Å². The molecule has 0 aliphatic heterocycles. The number of rotatable bonds is 10. The third-order valence-corrected chi connectivity index (χ3v) is 5.44. The van der Waals surface area contributed by atoms with Crippen LogP contribution in [0.4, 0.5) is 0 Å². The molecule has 0 aromatic heterocycles. The summed E-state index contributed by atoms with van der Waals surface area (Å²) in [5.74, 6) is 1.90. The van der Waals surface area contributed by atoms with Crippen LogP contribution in [0.1, 0.15) is 22.7 Å². The first kappa shape index (κ1) is 20.2. The first-order valence-electron chi connectivity index (χ1n) is 9.54. The largest absolute Gasteiger partial charge is 0.354 e. The van der Waals surface area contributed by atoms with Crippen LogP contribution in [0.15, 0.2) is 91.0 Å². The second-order valence-corrected chi connectivity index (χ2v) is 7.63. The van der Waals surface area contributed by atoms with Crippen LogP contribution >= 0.6 is 11.8 Å². The number of nitrogens with one attached hydrogen (secondary N) is 2. The lowest BCUT2D eigenvalue weighted by Gasteiger charge is -2.19. The Kier molecular flexibility index (Phi) is 8.16. The quantitative estimate of drug-likeness (QED) is 0.504. The number of amides is 1. The summed E-state index contributed by atoms with van der Waals surface area (Å²) in [7, 11) is 0. The SMILES string of the molecule is O=C(CNC(c1ccccc1)c1ccccc1)NCCSCc1ccccc1. The second-order valence-electron chi connectivity index (χ2n) is 6.52. The van der Waals surface area contributed by atoms with E-state index in [1.54, 1.807) is 0 Å². The Morgan fingerprint density at radius 3 is 1.89 bits per heavy atom. The van der Waals surface area contributed by atoms with Crippen LogP contribution in [0.5, 0.6) is 0 Å². The van der Waals surface area contributed by atoms with E-state index in [0.29, 0.717) is 6.54 Å². The summed E-state index contributed by atoms with van der Waals surface area (Å²) in [6.07, 6.45) is 0. The van der Waals surface area contributed by atoms with Crippen molar-refractivity contribution in [3.05, 3.63) is 108 Å². The maximum absolute atomic E-state index is 12.3. The van der Waals surface area contributed by atoms with Gasteiger partial charge in [0.15, 0.2) is 0 Å². The van der Waals surface area contributed by atoms with E-state index in [4.69, 9.17) is 0 Å². The van der Waals surface area contributed by atoms with Crippen molar-refractivity contribution in [3.63, 3.8) is 0 Å². The molecule has 0 aliphatic rings. The minimum absolute atomic E-state index is 0.000561. The van der Waals surface area contributed by atoms with Crippen molar-refractivity contribution in [2.75, 3.05) is 18.8 Å². The minimum atomic E-state index is 0.000561. The smallest absolute Gasteiger partial charge is 0.234 e. The van der Waals surface area contributed by atoms with Gasteiger partial charge in [-0.3, -0.25) is 10.1 Å². The molecule has 0 bridgehead atoms. The first-order chi connectivity index (χ1) is 13.8. The van der Waals surface area contributed by atoms with Crippen LogP contribution in [0.2, 0.25) is 0 Å². The Labute approximate surface area is 171 Å². The van der Waals surface area contributed by atoms with Gasteiger partial charge in [-0.05, 0) is 16.7 Å². The van der Waals surface area contributed by atoms with Crippen LogP contribution in [0, 0.1) is 0 Å². The molecule has 0 atom stereocenters. The highest BCUT2D eigenvalue weighted by Crippen LogP contribution is 2.21. The summed E-state index contributed by atoms with van der Waals surface area (Å²) >= 11 is 1.83. The van der Waals surface area contributed by atoms with Gasteiger partial charge in [0, 0.05) is 18.1 Å². The van der Waals surface area contributed by atoms with Gasteiger partial charge >= 0.3 is 0 Å². The molecule has 0 spiro atoms. The zero-order chi connectivity index (χ0) is 19.4. The van der Waals surface area contributed by atoms with Crippen molar-refractivity contribution in [2.45, 2.75) is 11.8 Å². The number of carbonyl (C=O) groups excluding carboxylic acids is 1. The molecule has 0 saturated carbocycles. The molecule has 4 heteroatoms. The van der Waals surface area contributed by atoms with Gasteiger partial charge in [0.05, 0.1) is 12.6 Å². The highest BCUT2D eigenvalue weighted by molar-refractivity contribution is 7.98. The Hall–Kier alpha value is -2.56. The number of hydrogen-bond donors (Lipinski definition) is 2. The average molecular weight is 391 g/mol. The Bertz CT molecular complexity index is 785. The summed E-state index contributed by atoms with van der Waals surface area (Å²) in [4.78, 5) is 12.3. The standard InChI is InChI=1S/C24H26N2OS/c27-23(25-16-17-28-19-20-10-4-1-5-11-20)18-26-24(21-12-6-2-7-13-21)22-14-8-3-9-15-22/h1-15,24,26H,16-19H2,(H,25,27). The van der Waals surface area contributed by atoms with Crippen LogP contribution in [0.3, 0.4) is 0 Å². The molecule has 2 N–H and O–H groups in total. The van der Waals surface area contributed by atoms with Gasteiger partial charge in [0.1, 0.15) is 0 Å². The van der Waals surface area contributed by atoms with Crippen molar-refractivity contribution in [3.8, 4) is 0 Å². The molecule has 3 rings (SSSR count). The second kappa shape index (κ2) is 11.3. The van der Waals surface area contributed by atoms with E-state index in [9.17, 15) is 4.79 Å². The van der Waals surface area contributed by atoms with Gasteiger partial charge in [-0.25, -0.2) is 0 Å². The molecule has 0 saturated heterocycles. The van der Waals surface area contributed by atoms with E-state index >= 15 is 0 Å². The Morgan fingerprint density at radius 2 is 1.32 bits per heavy atom. The topological polar surface area (TPSA) is 41.1 Å². The summed E-state index contributed by atoms with van der Waals surface area (Å²) in [6.45, 7) is 0.969. The van der Waals surface area contributed by atoms with Gasteiger partial charge < -0.3 is 5.32 Å². The monoisotopic (exact) mass is 390 g/mol. The average Bonchev–Trinajstić information content (AvgIpc) is 2.76. The summed E-state index contributed by atoms with van der Waals surface area (Å²) < 4.78 is 0. The predicted molar refractivity (Wildman–Crippen MR) is 118 cm³/mol. The van der Waals surface area contributed by atoms with E-state index in [1.807, 2.05) is 54.2 Å². The first-order valence-corrected chi connectivity index (χ1v) is 10.7. The molecule has 1 amide bonds. The third kappa shape index (κ3) is 6.55. The normalized spacial score (nSPS) is 10.8. The molecule has 3 aromatic carbocycles. The van der Waals surface area contributed by atoms with Crippen molar-refractivity contribution in [2.24, 2.45) is 0 Å². The Balaban J connectivity index is 1.43. The maximum atomic E-state index is 12.3. The fourth-order valence-corrected chi connectivity index (χ4v) is 3.82. The molecular weight excluding hydrogens is 364 g/mol. The third-order valence-electron chi connectivity index (χ3n) is 4.41. The molecule has 0 radical (unpaired) electrons. The van der Waals surface area contributed by atoms with E-state index < -0.39 is 0 Å². The van der Waals surface area contributed by atoms with Gasteiger partial charge in [-0.15, -0.1) is 0 Å². The lowest BCUT2D eigenvalue weighted by atomic mass is 9.99. The summed E-state index contributed by atoms with van der Waals surface area (Å²) in [5, 5.41) is 6.40.